The van der Waals surface area contributed by atoms with Crippen LogP contribution in [0.1, 0.15) is 22.6 Å². The van der Waals surface area contributed by atoms with Gasteiger partial charge >= 0.3 is 0 Å². The smallest absolute Gasteiger partial charge is 0.157 e. The third-order valence-electron chi connectivity index (χ3n) is 1.95. The van der Waals surface area contributed by atoms with Crippen LogP contribution in [0.5, 0.6) is 0 Å². The van der Waals surface area contributed by atoms with Crippen LogP contribution in [-0.4, -0.2) is 20.1 Å². The van der Waals surface area contributed by atoms with E-state index in [1.165, 1.54) is 0 Å². The van der Waals surface area contributed by atoms with Gasteiger partial charge in [-0.15, -0.1) is 11.3 Å². The topological polar surface area (TPSA) is 58.9 Å². The van der Waals surface area contributed by atoms with Crippen LogP contribution in [0.2, 0.25) is 0 Å². The monoisotopic (exact) mass is 221 g/mol. The van der Waals surface area contributed by atoms with E-state index in [9.17, 15) is 5.11 Å². The summed E-state index contributed by atoms with van der Waals surface area (Å²) in [6.07, 6.45) is 3.04. The number of aliphatic hydroxyl groups excluding tert-OH is 1. The summed E-state index contributed by atoms with van der Waals surface area (Å²) >= 11 is 1.58. The van der Waals surface area contributed by atoms with Crippen molar-refractivity contribution in [3.8, 4) is 0 Å². The van der Waals surface area contributed by atoms with E-state index in [2.05, 4.69) is 15.0 Å². The molecule has 4 nitrogen and oxygen atoms in total. The highest BCUT2D eigenvalue weighted by Crippen LogP contribution is 2.16. The van der Waals surface area contributed by atoms with E-state index in [4.69, 9.17) is 0 Å². The minimum Gasteiger partial charge on any atom is -0.385 e. The number of hydrogen-bond acceptors (Lipinski definition) is 5. The number of hydrogen-bond donors (Lipinski definition) is 1. The molecule has 5 heteroatoms. The number of aryl methyl sites for hydroxylation is 1. The van der Waals surface area contributed by atoms with Crippen molar-refractivity contribution >= 4 is 11.3 Å². The third-order valence-corrected chi connectivity index (χ3v) is 2.78. The van der Waals surface area contributed by atoms with Crippen molar-refractivity contribution in [3.63, 3.8) is 0 Å². The molecule has 0 saturated carbocycles. The first-order valence-corrected chi connectivity index (χ1v) is 5.49. The first kappa shape index (κ1) is 10.2. The quantitative estimate of drug-likeness (QED) is 0.853. The second-order valence-electron chi connectivity index (χ2n) is 3.18. The molecule has 0 bridgehead atoms. The Morgan fingerprint density at radius 1 is 1.40 bits per heavy atom. The lowest BCUT2D eigenvalue weighted by Gasteiger charge is -2.05. The zero-order valence-electron chi connectivity index (χ0n) is 8.29. The molecule has 0 saturated heterocycles. The number of aromatic nitrogens is 3. The summed E-state index contributed by atoms with van der Waals surface area (Å²) < 4.78 is 0. The zero-order valence-corrected chi connectivity index (χ0v) is 9.11. The molecular formula is C10H11N3OS. The number of aliphatic hydroxyl groups is 1. The van der Waals surface area contributed by atoms with Gasteiger partial charge in [-0.2, -0.15) is 0 Å². The van der Waals surface area contributed by atoms with Crippen molar-refractivity contribution in [3.05, 3.63) is 40.4 Å². The highest BCUT2D eigenvalue weighted by Gasteiger charge is 2.12. The summed E-state index contributed by atoms with van der Waals surface area (Å²) in [4.78, 5) is 12.3. The van der Waals surface area contributed by atoms with Crippen molar-refractivity contribution in [2.45, 2.75) is 19.4 Å². The van der Waals surface area contributed by atoms with E-state index in [-0.39, 0.29) is 0 Å². The highest BCUT2D eigenvalue weighted by molar-refractivity contribution is 7.09. The summed E-state index contributed by atoms with van der Waals surface area (Å²) in [5.41, 5.74) is 0.887. The molecule has 2 heterocycles. The Labute approximate surface area is 91.7 Å². The van der Waals surface area contributed by atoms with Gasteiger partial charge < -0.3 is 5.11 Å². The largest absolute Gasteiger partial charge is 0.385 e. The molecule has 2 aromatic rings. The van der Waals surface area contributed by atoms with Crippen LogP contribution in [0.15, 0.2) is 23.8 Å². The van der Waals surface area contributed by atoms with Gasteiger partial charge in [-0.3, -0.25) is 0 Å². The van der Waals surface area contributed by atoms with Gasteiger partial charge in [0, 0.05) is 24.2 Å². The predicted octanol–water partition coefficient (Wildman–Crippen LogP) is 1.52. The maximum absolute atomic E-state index is 9.82. The lowest BCUT2D eigenvalue weighted by atomic mass is 10.2. The average Bonchev–Trinajstić information content (AvgIpc) is 2.65. The van der Waals surface area contributed by atoms with Crippen LogP contribution < -0.4 is 0 Å². The van der Waals surface area contributed by atoms with Gasteiger partial charge in [0.2, 0.25) is 0 Å². The molecule has 15 heavy (non-hydrogen) atoms. The SMILES string of the molecule is Cc1nc(CC(O)c2ncccn2)cs1. The molecule has 0 aromatic carbocycles. The zero-order chi connectivity index (χ0) is 10.7. The van der Waals surface area contributed by atoms with E-state index in [0.717, 1.165) is 10.7 Å². The average molecular weight is 221 g/mol. The first-order chi connectivity index (χ1) is 7.25. The molecule has 1 atom stereocenters. The molecule has 0 aliphatic heterocycles. The predicted molar refractivity (Wildman–Crippen MR) is 57.5 cm³/mol. The van der Waals surface area contributed by atoms with Crippen molar-refractivity contribution in [2.75, 3.05) is 0 Å². The van der Waals surface area contributed by atoms with Gasteiger partial charge in [-0.05, 0) is 13.0 Å². The van der Waals surface area contributed by atoms with Gasteiger partial charge in [0.25, 0.3) is 0 Å². The number of rotatable bonds is 3. The lowest BCUT2D eigenvalue weighted by Crippen LogP contribution is -2.06. The van der Waals surface area contributed by atoms with Crippen molar-refractivity contribution < 1.29 is 5.11 Å². The fourth-order valence-electron chi connectivity index (χ4n) is 1.27. The summed E-state index contributed by atoms with van der Waals surface area (Å²) in [5, 5.41) is 12.8. The number of thiazole rings is 1. The molecule has 78 valence electrons. The second kappa shape index (κ2) is 4.46. The van der Waals surface area contributed by atoms with E-state index < -0.39 is 6.10 Å². The van der Waals surface area contributed by atoms with Gasteiger partial charge in [0.1, 0.15) is 6.10 Å². The van der Waals surface area contributed by atoms with Gasteiger partial charge in [-0.25, -0.2) is 15.0 Å². The standard InChI is InChI=1S/C10H11N3OS/c1-7-13-8(6-15-7)5-9(14)10-11-3-2-4-12-10/h2-4,6,9,14H,5H2,1H3. The summed E-state index contributed by atoms with van der Waals surface area (Å²) in [7, 11) is 0. The molecule has 0 radical (unpaired) electrons. The van der Waals surface area contributed by atoms with E-state index in [0.29, 0.717) is 12.2 Å². The molecule has 0 spiro atoms. The molecule has 1 unspecified atom stereocenters. The third kappa shape index (κ3) is 2.57. The molecule has 0 amide bonds. The van der Waals surface area contributed by atoms with Crippen LogP contribution >= 0.6 is 11.3 Å². The van der Waals surface area contributed by atoms with Crippen LogP contribution in [-0.2, 0) is 6.42 Å². The Morgan fingerprint density at radius 3 is 2.73 bits per heavy atom. The van der Waals surface area contributed by atoms with Crippen molar-refractivity contribution in [2.24, 2.45) is 0 Å². The Hall–Kier alpha value is -1.33. The molecule has 0 aliphatic carbocycles. The molecular weight excluding hydrogens is 210 g/mol. The van der Waals surface area contributed by atoms with Crippen LogP contribution in [0, 0.1) is 6.92 Å². The molecule has 0 fully saturated rings. The van der Waals surface area contributed by atoms with E-state index in [1.807, 2.05) is 12.3 Å². The summed E-state index contributed by atoms with van der Waals surface area (Å²) in [6, 6.07) is 1.73. The van der Waals surface area contributed by atoms with E-state index in [1.54, 1.807) is 29.8 Å². The highest BCUT2D eigenvalue weighted by atomic mass is 32.1. The Kier molecular flexibility index (Phi) is 3.03. The normalized spacial score (nSPS) is 12.7. The minimum atomic E-state index is -0.673. The maximum Gasteiger partial charge on any atom is 0.157 e. The molecule has 2 aromatic heterocycles. The van der Waals surface area contributed by atoms with Crippen LogP contribution in [0.3, 0.4) is 0 Å². The molecule has 2 rings (SSSR count). The Bertz CT molecular complexity index is 429. The fourth-order valence-corrected chi connectivity index (χ4v) is 1.90. The molecule has 0 aliphatic rings. The Balaban J connectivity index is 2.07. The van der Waals surface area contributed by atoms with Crippen molar-refractivity contribution in [1.29, 1.82) is 0 Å². The maximum atomic E-state index is 9.82. The summed E-state index contributed by atoms with van der Waals surface area (Å²) in [6.45, 7) is 1.94. The van der Waals surface area contributed by atoms with Gasteiger partial charge in [0.05, 0.1) is 10.7 Å². The minimum absolute atomic E-state index is 0.447. The number of nitrogens with zero attached hydrogens (tertiary/aromatic N) is 3. The molecule has 1 N–H and O–H groups in total. The van der Waals surface area contributed by atoms with Gasteiger partial charge in [0.15, 0.2) is 5.82 Å². The fraction of sp³-hybridized carbons (Fsp3) is 0.300. The first-order valence-electron chi connectivity index (χ1n) is 4.61. The second-order valence-corrected chi connectivity index (χ2v) is 4.25. The van der Waals surface area contributed by atoms with Crippen molar-refractivity contribution in [1.82, 2.24) is 15.0 Å². The van der Waals surface area contributed by atoms with Crippen LogP contribution in [0.4, 0.5) is 0 Å². The van der Waals surface area contributed by atoms with Crippen LogP contribution in [0.25, 0.3) is 0 Å². The Morgan fingerprint density at radius 2 is 2.13 bits per heavy atom. The summed E-state index contributed by atoms with van der Waals surface area (Å²) in [5.74, 6) is 0.447. The van der Waals surface area contributed by atoms with E-state index >= 15 is 0 Å². The van der Waals surface area contributed by atoms with Gasteiger partial charge in [-0.1, -0.05) is 0 Å². The lowest BCUT2D eigenvalue weighted by molar-refractivity contribution is 0.167.